The van der Waals surface area contributed by atoms with Crippen molar-refractivity contribution < 1.29 is 12.8 Å². The number of nitrogens with zero attached hydrogens (tertiary/aromatic N) is 3. The molecular weight excluding hydrogens is 369 g/mol. The summed E-state index contributed by atoms with van der Waals surface area (Å²) < 4.78 is 42.0. The van der Waals surface area contributed by atoms with Crippen LogP contribution in [-0.2, 0) is 16.6 Å². The Morgan fingerprint density at radius 1 is 1.15 bits per heavy atom. The van der Waals surface area contributed by atoms with Gasteiger partial charge >= 0.3 is 0 Å². The zero-order valence-electron chi connectivity index (χ0n) is 15.1. The van der Waals surface area contributed by atoms with Gasteiger partial charge in [-0.15, -0.1) is 0 Å². The van der Waals surface area contributed by atoms with Crippen molar-refractivity contribution in [2.75, 3.05) is 13.1 Å². The molecule has 0 aliphatic carbocycles. The van der Waals surface area contributed by atoms with Crippen LogP contribution in [0.1, 0.15) is 19.4 Å². The van der Waals surface area contributed by atoms with Gasteiger partial charge in [0.25, 0.3) is 5.56 Å². The maximum absolute atomic E-state index is 13.9. The standard InChI is InChI=1S/C19H20FN3O3S/c1-3-23(4-2)27(25,26)17-7-8-18(24)22(13-17)12-15-11-16(20)10-14-6-5-9-21-19(14)15/h5-11,13H,3-4,12H2,1-2H3. The molecule has 0 aliphatic rings. The summed E-state index contributed by atoms with van der Waals surface area (Å²) in [5.74, 6) is -0.439. The fourth-order valence-electron chi connectivity index (χ4n) is 3.03. The van der Waals surface area contributed by atoms with Crippen molar-refractivity contribution in [2.24, 2.45) is 0 Å². The van der Waals surface area contributed by atoms with Crippen LogP contribution in [0, 0.1) is 5.82 Å². The summed E-state index contributed by atoms with van der Waals surface area (Å²) in [7, 11) is -3.70. The fraction of sp³-hybridized carbons (Fsp3) is 0.263. The van der Waals surface area contributed by atoms with E-state index in [9.17, 15) is 17.6 Å². The Kier molecular flexibility index (Phi) is 5.38. The van der Waals surface area contributed by atoms with Crippen LogP contribution >= 0.6 is 0 Å². The molecule has 6 nitrogen and oxygen atoms in total. The van der Waals surface area contributed by atoms with Gasteiger partial charge in [-0.2, -0.15) is 4.31 Å². The topological polar surface area (TPSA) is 72.3 Å². The lowest BCUT2D eigenvalue weighted by atomic mass is 10.1. The zero-order chi connectivity index (χ0) is 19.6. The van der Waals surface area contributed by atoms with Gasteiger partial charge in [-0.1, -0.05) is 19.9 Å². The molecule has 0 N–H and O–H groups in total. The van der Waals surface area contributed by atoms with Crippen molar-refractivity contribution in [3.8, 4) is 0 Å². The van der Waals surface area contributed by atoms with Crippen LogP contribution in [0.15, 0.2) is 58.5 Å². The molecule has 3 rings (SSSR count). The van der Waals surface area contributed by atoms with Crippen molar-refractivity contribution in [3.05, 3.63) is 70.5 Å². The molecule has 0 fully saturated rings. The number of benzene rings is 1. The van der Waals surface area contributed by atoms with E-state index in [0.717, 1.165) is 0 Å². The lowest BCUT2D eigenvalue weighted by Gasteiger charge is -2.19. The third-order valence-corrected chi connectivity index (χ3v) is 6.42. The molecule has 3 aromatic rings. The van der Waals surface area contributed by atoms with Crippen LogP contribution < -0.4 is 5.56 Å². The van der Waals surface area contributed by atoms with Crippen molar-refractivity contribution in [1.29, 1.82) is 0 Å². The molecule has 0 atom stereocenters. The first-order chi connectivity index (χ1) is 12.9. The van der Waals surface area contributed by atoms with Gasteiger partial charge in [-0.05, 0) is 24.3 Å². The minimum Gasteiger partial charge on any atom is -0.310 e. The summed E-state index contributed by atoms with van der Waals surface area (Å²) in [5, 5.41) is 0.618. The van der Waals surface area contributed by atoms with Gasteiger partial charge in [0.2, 0.25) is 10.0 Å². The Hall–Kier alpha value is -2.58. The number of hydrogen-bond donors (Lipinski definition) is 0. The highest BCUT2D eigenvalue weighted by atomic mass is 32.2. The lowest BCUT2D eigenvalue weighted by molar-refractivity contribution is 0.444. The van der Waals surface area contributed by atoms with Gasteiger partial charge in [-0.25, -0.2) is 12.8 Å². The van der Waals surface area contributed by atoms with Gasteiger partial charge in [0.15, 0.2) is 0 Å². The first-order valence-corrected chi connectivity index (χ1v) is 10.0. The molecule has 27 heavy (non-hydrogen) atoms. The molecule has 142 valence electrons. The largest absolute Gasteiger partial charge is 0.310 e. The summed E-state index contributed by atoms with van der Waals surface area (Å²) >= 11 is 0. The highest BCUT2D eigenvalue weighted by molar-refractivity contribution is 7.89. The van der Waals surface area contributed by atoms with Crippen molar-refractivity contribution >= 4 is 20.9 Å². The predicted molar refractivity (Wildman–Crippen MR) is 102 cm³/mol. The van der Waals surface area contributed by atoms with Gasteiger partial charge in [0.1, 0.15) is 5.82 Å². The van der Waals surface area contributed by atoms with E-state index in [1.807, 2.05) is 0 Å². The van der Waals surface area contributed by atoms with E-state index in [-0.39, 0.29) is 17.0 Å². The molecule has 8 heteroatoms. The van der Waals surface area contributed by atoms with Crippen LogP contribution in [0.2, 0.25) is 0 Å². The summed E-state index contributed by atoms with van der Waals surface area (Å²) in [6, 6.07) is 8.64. The number of fused-ring (bicyclic) bond motifs is 1. The number of rotatable bonds is 6. The van der Waals surface area contributed by atoms with E-state index >= 15 is 0 Å². The number of aromatic nitrogens is 2. The van der Waals surface area contributed by atoms with Crippen LogP contribution in [-0.4, -0.2) is 35.4 Å². The minimum atomic E-state index is -3.70. The average Bonchev–Trinajstić information content (AvgIpc) is 2.64. The van der Waals surface area contributed by atoms with E-state index in [1.54, 1.807) is 32.2 Å². The lowest BCUT2D eigenvalue weighted by Crippen LogP contribution is -2.32. The molecule has 0 radical (unpaired) electrons. The average molecular weight is 389 g/mol. The van der Waals surface area contributed by atoms with Crippen LogP contribution in [0.5, 0.6) is 0 Å². The van der Waals surface area contributed by atoms with Crippen molar-refractivity contribution in [2.45, 2.75) is 25.3 Å². The summed E-state index contributed by atoms with van der Waals surface area (Å²) in [6.07, 6.45) is 2.89. The van der Waals surface area contributed by atoms with Crippen LogP contribution in [0.25, 0.3) is 10.9 Å². The molecule has 1 aromatic carbocycles. The minimum absolute atomic E-state index is 0.0196. The van der Waals surface area contributed by atoms with E-state index in [2.05, 4.69) is 4.98 Å². The second-order valence-corrected chi connectivity index (χ2v) is 8.00. The Bertz CT molecular complexity index is 1140. The summed E-state index contributed by atoms with van der Waals surface area (Å²) in [6.45, 7) is 4.18. The second-order valence-electron chi connectivity index (χ2n) is 6.06. The van der Waals surface area contributed by atoms with Gasteiger partial charge in [0, 0.05) is 42.5 Å². The van der Waals surface area contributed by atoms with Gasteiger partial charge in [-0.3, -0.25) is 9.78 Å². The SMILES string of the molecule is CCN(CC)S(=O)(=O)c1ccc(=O)n(Cc2cc(F)cc3cccnc23)c1. The maximum atomic E-state index is 13.9. The highest BCUT2D eigenvalue weighted by Crippen LogP contribution is 2.20. The van der Waals surface area contributed by atoms with Gasteiger partial charge in [0.05, 0.1) is 17.0 Å². The molecular formula is C19H20FN3O3S. The zero-order valence-corrected chi connectivity index (χ0v) is 15.9. The van der Waals surface area contributed by atoms with Crippen molar-refractivity contribution in [3.63, 3.8) is 0 Å². The normalized spacial score (nSPS) is 12.0. The van der Waals surface area contributed by atoms with E-state index in [1.165, 1.54) is 39.3 Å². The molecule has 0 amide bonds. The summed E-state index contributed by atoms with van der Waals surface area (Å²) in [4.78, 5) is 16.6. The third-order valence-electron chi connectivity index (χ3n) is 4.39. The first kappa shape index (κ1) is 19.2. The number of halogens is 1. The Labute approximate surface area is 156 Å². The second kappa shape index (κ2) is 7.58. The third kappa shape index (κ3) is 3.77. The monoisotopic (exact) mass is 389 g/mol. The number of sulfonamides is 1. The smallest absolute Gasteiger partial charge is 0.250 e. The van der Waals surface area contributed by atoms with E-state index in [4.69, 9.17) is 0 Å². The van der Waals surface area contributed by atoms with E-state index in [0.29, 0.717) is 29.6 Å². The number of hydrogen-bond acceptors (Lipinski definition) is 4. The molecule has 0 saturated heterocycles. The Morgan fingerprint density at radius 2 is 1.89 bits per heavy atom. The quantitative estimate of drug-likeness (QED) is 0.650. The first-order valence-electron chi connectivity index (χ1n) is 8.60. The Balaban J connectivity index is 2.08. The predicted octanol–water partition coefficient (Wildman–Crippen LogP) is 2.61. The van der Waals surface area contributed by atoms with Crippen LogP contribution in [0.3, 0.4) is 0 Å². The molecule has 0 unspecified atom stereocenters. The van der Waals surface area contributed by atoms with Crippen LogP contribution in [0.4, 0.5) is 4.39 Å². The highest BCUT2D eigenvalue weighted by Gasteiger charge is 2.22. The molecule has 0 bridgehead atoms. The van der Waals surface area contributed by atoms with E-state index < -0.39 is 15.8 Å². The maximum Gasteiger partial charge on any atom is 0.250 e. The molecule has 2 aromatic heterocycles. The van der Waals surface area contributed by atoms with Gasteiger partial charge < -0.3 is 4.57 Å². The molecule has 0 saturated carbocycles. The molecule has 0 aliphatic heterocycles. The fourth-order valence-corrected chi connectivity index (χ4v) is 4.51. The summed E-state index contributed by atoms with van der Waals surface area (Å²) in [5.41, 5.74) is 0.703. The molecule has 2 heterocycles. The number of pyridine rings is 2. The molecule has 0 spiro atoms. The van der Waals surface area contributed by atoms with Crippen molar-refractivity contribution in [1.82, 2.24) is 13.9 Å². The Morgan fingerprint density at radius 3 is 2.59 bits per heavy atom.